The van der Waals surface area contributed by atoms with Crippen molar-refractivity contribution in [2.75, 3.05) is 27.2 Å². The lowest BCUT2D eigenvalue weighted by Crippen LogP contribution is -2.29. The molecular weight excluding hydrogens is 357 g/mol. The number of aryl methyl sites for hydroxylation is 1. The number of alkyl halides is 3. The number of imidazole rings is 1. The number of rotatable bonds is 6. The van der Waals surface area contributed by atoms with Crippen LogP contribution in [0, 0.1) is 0 Å². The van der Waals surface area contributed by atoms with Crippen molar-refractivity contribution in [2.24, 2.45) is 0 Å². The molecule has 0 aliphatic rings. The average Bonchev–Trinajstić information content (AvgIpc) is 2.89. The van der Waals surface area contributed by atoms with Gasteiger partial charge in [-0.3, -0.25) is 9.20 Å². The van der Waals surface area contributed by atoms with E-state index in [2.05, 4.69) is 10.3 Å². The summed E-state index contributed by atoms with van der Waals surface area (Å²) in [4.78, 5) is 18.7. The molecule has 1 amide bonds. The fraction of sp³-hybridized carbons (Fsp3) is 0.500. The zero-order valence-corrected chi connectivity index (χ0v) is 15.0. The van der Waals surface area contributed by atoms with Gasteiger partial charge in [-0.2, -0.15) is 13.2 Å². The average molecular weight is 377 g/mol. The van der Waals surface area contributed by atoms with Crippen LogP contribution in [-0.2, 0) is 12.6 Å². The molecule has 2 aromatic heterocycles. The van der Waals surface area contributed by atoms with E-state index >= 15 is 0 Å². The predicted molar refractivity (Wildman–Crippen MR) is 90.1 cm³/mol. The van der Waals surface area contributed by atoms with E-state index in [1.54, 1.807) is 6.92 Å². The molecule has 2 heterocycles. The van der Waals surface area contributed by atoms with Crippen LogP contribution in [0.1, 0.15) is 35.1 Å². The van der Waals surface area contributed by atoms with Crippen molar-refractivity contribution in [3.05, 3.63) is 34.2 Å². The number of hydrogen-bond donors (Lipinski definition) is 1. The summed E-state index contributed by atoms with van der Waals surface area (Å²) in [6.45, 7) is 2.99. The van der Waals surface area contributed by atoms with E-state index in [0.29, 0.717) is 18.7 Å². The minimum atomic E-state index is -4.56. The number of nitrogens with one attached hydrogen (secondary N) is 1. The van der Waals surface area contributed by atoms with Crippen LogP contribution in [0.3, 0.4) is 0 Å². The number of hydrogen-bond acceptors (Lipinski definition) is 3. The Balaban J connectivity index is 2.40. The van der Waals surface area contributed by atoms with Crippen LogP contribution in [0.15, 0.2) is 12.3 Å². The van der Waals surface area contributed by atoms with E-state index in [1.807, 2.05) is 19.0 Å². The molecular formula is C16H20ClF3N4O. The molecule has 25 heavy (non-hydrogen) atoms. The summed E-state index contributed by atoms with van der Waals surface area (Å²) in [5, 5.41) is 2.59. The third kappa shape index (κ3) is 4.43. The fourth-order valence-electron chi connectivity index (χ4n) is 2.47. The van der Waals surface area contributed by atoms with Gasteiger partial charge in [-0.25, -0.2) is 4.98 Å². The number of carbonyl (C=O) groups is 1. The minimum Gasteiger partial charge on any atom is -0.351 e. The molecule has 0 radical (unpaired) electrons. The maximum atomic E-state index is 13.0. The minimum absolute atomic E-state index is 0.0929. The number of aromatic nitrogens is 2. The molecule has 0 bridgehead atoms. The van der Waals surface area contributed by atoms with E-state index in [-0.39, 0.29) is 16.4 Å². The van der Waals surface area contributed by atoms with Crippen molar-refractivity contribution in [3.8, 4) is 0 Å². The smallest absolute Gasteiger partial charge is 0.351 e. The second kappa shape index (κ2) is 7.61. The predicted octanol–water partition coefficient (Wildman–Crippen LogP) is 3.25. The van der Waals surface area contributed by atoms with Crippen molar-refractivity contribution in [1.82, 2.24) is 19.6 Å². The molecule has 0 atom stereocenters. The van der Waals surface area contributed by atoms with Gasteiger partial charge in [-0.1, -0.05) is 18.5 Å². The third-order valence-corrected chi connectivity index (χ3v) is 3.97. The van der Waals surface area contributed by atoms with Gasteiger partial charge in [-0.05, 0) is 39.5 Å². The van der Waals surface area contributed by atoms with Gasteiger partial charge in [0.2, 0.25) is 0 Å². The van der Waals surface area contributed by atoms with Gasteiger partial charge < -0.3 is 10.2 Å². The SMILES string of the molecule is CCc1nc2c(Cl)cc(C(F)(F)F)cn2c1C(=O)NCCCN(C)C. The van der Waals surface area contributed by atoms with Crippen LogP contribution in [0.2, 0.25) is 5.02 Å². The lowest BCUT2D eigenvalue weighted by atomic mass is 10.2. The second-order valence-corrected chi connectivity index (χ2v) is 6.35. The highest BCUT2D eigenvalue weighted by atomic mass is 35.5. The summed E-state index contributed by atoms with van der Waals surface area (Å²) < 4.78 is 40.3. The molecule has 0 aromatic carbocycles. The molecule has 5 nitrogen and oxygen atoms in total. The van der Waals surface area contributed by atoms with Gasteiger partial charge in [0.15, 0.2) is 5.65 Å². The Kier molecular flexibility index (Phi) is 5.95. The van der Waals surface area contributed by atoms with E-state index in [1.165, 1.54) is 0 Å². The number of halogens is 4. The van der Waals surface area contributed by atoms with Crippen molar-refractivity contribution < 1.29 is 18.0 Å². The Hall–Kier alpha value is -1.80. The lowest BCUT2D eigenvalue weighted by Gasteiger charge is -2.11. The topological polar surface area (TPSA) is 49.6 Å². The first-order valence-electron chi connectivity index (χ1n) is 7.85. The number of amides is 1. The third-order valence-electron chi connectivity index (χ3n) is 3.69. The molecule has 138 valence electrons. The van der Waals surface area contributed by atoms with Crippen molar-refractivity contribution >= 4 is 23.2 Å². The van der Waals surface area contributed by atoms with Crippen molar-refractivity contribution in [1.29, 1.82) is 0 Å². The molecule has 0 saturated carbocycles. The van der Waals surface area contributed by atoms with Crippen LogP contribution in [-0.4, -0.2) is 47.4 Å². The Bertz CT molecular complexity index is 771. The summed E-state index contributed by atoms with van der Waals surface area (Å²) in [7, 11) is 3.84. The first-order valence-corrected chi connectivity index (χ1v) is 8.23. The van der Waals surface area contributed by atoms with E-state index < -0.39 is 17.6 Å². The van der Waals surface area contributed by atoms with Crippen LogP contribution in [0.25, 0.3) is 5.65 Å². The molecule has 2 aromatic rings. The summed E-state index contributed by atoms with van der Waals surface area (Å²) in [6.07, 6.45) is -2.57. The van der Waals surface area contributed by atoms with Gasteiger partial charge in [0, 0.05) is 12.7 Å². The van der Waals surface area contributed by atoms with Crippen LogP contribution >= 0.6 is 11.6 Å². The van der Waals surface area contributed by atoms with Crippen molar-refractivity contribution in [3.63, 3.8) is 0 Å². The molecule has 0 aliphatic heterocycles. The van der Waals surface area contributed by atoms with Gasteiger partial charge in [0.25, 0.3) is 5.91 Å². The molecule has 2 rings (SSSR count). The molecule has 0 unspecified atom stereocenters. The first kappa shape index (κ1) is 19.5. The van der Waals surface area contributed by atoms with E-state index in [9.17, 15) is 18.0 Å². The van der Waals surface area contributed by atoms with Gasteiger partial charge >= 0.3 is 6.18 Å². The maximum Gasteiger partial charge on any atom is 0.417 e. The highest BCUT2D eigenvalue weighted by molar-refractivity contribution is 6.33. The highest BCUT2D eigenvalue weighted by Crippen LogP contribution is 2.33. The van der Waals surface area contributed by atoms with Gasteiger partial charge in [-0.15, -0.1) is 0 Å². The fourth-order valence-corrected chi connectivity index (χ4v) is 2.72. The molecule has 0 aliphatic carbocycles. The zero-order chi connectivity index (χ0) is 18.8. The molecule has 0 fully saturated rings. The standard InChI is InChI=1S/C16H20ClF3N4O/c1-4-12-13(15(25)21-6-5-7-23(2)3)24-9-10(16(18,19)20)8-11(17)14(24)22-12/h8-9H,4-7H2,1-3H3,(H,21,25). The lowest BCUT2D eigenvalue weighted by molar-refractivity contribution is -0.137. The largest absolute Gasteiger partial charge is 0.417 e. The zero-order valence-electron chi connectivity index (χ0n) is 14.2. The first-order chi connectivity index (χ1) is 11.6. The van der Waals surface area contributed by atoms with E-state index in [0.717, 1.165) is 29.6 Å². The van der Waals surface area contributed by atoms with Crippen LogP contribution in [0.5, 0.6) is 0 Å². The summed E-state index contributed by atoms with van der Waals surface area (Å²) in [5.74, 6) is -0.460. The Labute approximate surface area is 148 Å². The van der Waals surface area contributed by atoms with Gasteiger partial charge in [0.05, 0.1) is 16.3 Å². The number of carbonyl (C=O) groups excluding carboxylic acids is 1. The highest BCUT2D eigenvalue weighted by Gasteiger charge is 2.33. The molecule has 9 heteroatoms. The number of fused-ring (bicyclic) bond motifs is 1. The summed E-state index contributed by atoms with van der Waals surface area (Å²) >= 11 is 5.96. The molecule has 0 saturated heterocycles. The summed E-state index contributed by atoms with van der Waals surface area (Å²) in [5.41, 5.74) is -0.279. The molecule has 0 spiro atoms. The van der Waals surface area contributed by atoms with Gasteiger partial charge in [0.1, 0.15) is 5.69 Å². The quantitative estimate of drug-likeness (QED) is 0.787. The Morgan fingerprint density at radius 3 is 2.64 bits per heavy atom. The number of nitrogens with zero attached hydrogens (tertiary/aromatic N) is 3. The number of pyridine rings is 1. The van der Waals surface area contributed by atoms with Crippen LogP contribution in [0.4, 0.5) is 13.2 Å². The summed E-state index contributed by atoms with van der Waals surface area (Å²) in [6, 6.07) is 0.822. The molecule has 1 N–H and O–H groups in total. The normalized spacial score (nSPS) is 12.2. The maximum absolute atomic E-state index is 13.0. The van der Waals surface area contributed by atoms with Crippen LogP contribution < -0.4 is 5.32 Å². The Morgan fingerprint density at radius 2 is 2.08 bits per heavy atom. The van der Waals surface area contributed by atoms with Crippen molar-refractivity contribution in [2.45, 2.75) is 25.9 Å². The monoisotopic (exact) mass is 376 g/mol. The second-order valence-electron chi connectivity index (χ2n) is 5.94. The van der Waals surface area contributed by atoms with E-state index in [4.69, 9.17) is 11.6 Å². The Morgan fingerprint density at radius 1 is 1.40 bits per heavy atom.